The molecule has 0 aromatic carbocycles. The van der Waals surface area contributed by atoms with Gasteiger partial charge in [0.2, 0.25) is 17.7 Å². The van der Waals surface area contributed by atoms with Gasteiger partial charge in [0.05, 0.1) is 25.2 Å². The van der Waals surface area contributed by atoms with Gasteiger partial charge in [-0.2, -0.15) is 0 Å². The van der Waals surface area contributed by atoms with Crippen LogP contribution in [0.5, 0.6) is 0 Å². The third-order valence-electron chi connectivity index (χ3n) is 13.2. The molecule has 1 saturated heterocycles. The van der Waals surface area contributed by atoms with E-state index >= 15 is 0 Å². The number of nitrogens with zero attached hydrogens (tertiary/aromatic N) is 1. The number of carboxylic acids is 1. The number of hydrogen-bond donors (Lipinski definition) is 6. The van der Waals surface area contributed by atoms with Crippen molar-refractivity contribution in [2.45, 2.75) is 283 Å². The average molecular weight is 910 g/mol. The molecule has 1 aliphatic rings. The van der Waals surface area contributed by atoms with Crippen molar-refractivity contribution >= 4 is 23.6 Å². The van der Waals surface area contributed by atoms with E-state index in [1.54, 1.807) is 0 Å². The number of unbranched alkanes of at least 4 members (excludes halogenated alkanes) is 29. The largest absolute Gasteiger partial charge is 0.481 e. The van der Waals surface area contributed by atoms with Gasteiger partial charge in [-0.15, -0.1) is 0 Å². The predicted molar refractivity (Wildman–Crippen MR) is 258 cm³/mol. The van der Waals surface area contributed by atoms with Crippen LogP contribution in [0.2, 0.25) is 0 Å². The molecule has 1 rings (SSSR count). The highest BCUT2D eigenvalue weighted by Gasteiger charge is 2.59. The van der Waals surface area contributed by atoms with Crippen molar-refractivity contribution in [1.29, 1.82) is 0 Å². The number of nitrogens with two attached hydrogens (primary N) is 1. The Morgan fingerprint density at radius 1 is 0.594 bits per heavy atom. The molecule has 12 nitrogen and oxygen atoms in total. The summed E-state index contributed by atoms with van der Waals surface area (Å²) >= 11 is 0. The number of ketones is 1. The quantitative estimate of drug-likeness (QED) is 0.0253. The lowest BCUT2D eigenvalue weighted by atomic mass is 9.79. The molecule has 0 radical (unpaired) electrons. The van der Waals surface area contributed by atoms with Gasteiger partial charge in [-0.3, -0.25) is 24.9 Å². The van der Waals surface area contributed by atoms with E-state index in [2.05, 4.69) is 19.2 Å². The van der Waals surface area contributed by atoms with Crippen molar-refractivity contribution < 1.29 is 44.3 Å². The van der Waals surface area contributed by atoms with Crippen molar-refractivity contribution in [3.63, 3.8) is 0 Å². The Morgan fingerprint density at radius 3 is 1.36 bits per heavy atom. The van der Waals surface area contributed by atoms with E-state index in [0.717, 1.165) is 44.9 Å². The lowest BCUT2D eigenvalue weighted by Crippen LogP contribution is -2.76. The normalized spacial score (nSPS) is 20.4. The first kappa shape index (κ1) is 59.9. The van der Waals surface area contributed by atoms with Crippen LogP contribution < -0.4 is 11.1 Å². The molecule has 12 heteroatoms. The molecule has 0 bridgehead atoms. The van der Waals surface area contributed by atoms with E-state index in [9.17, 15) is 34.5 Å². The number of aliphatic hydroxyl groups excluding tert-OH is 3. The first-order valence-electron chi connectivity index (χ1n) is 26.6. The molecule has 1 fully saturated rings. The summed E-state index contributed by atoms with van der Waals surface area (Å²) in [5.41, 5.74) is 7.08. The van der Waals surface area contributed by atoms with E-state index in [1.165, 1.54) is 146 Å². The summed E-state index contributed by atoms with van der Waals surface area (Å²) in [5.74, 6) is -6.87. The smallest absolute Gasteiger partial charge is 0.303 e. The third-order valence-corrected chi connectivity index (χ3v) is 13.2. The fraction of sp³-hybridized carbons (Fsp3) is 0.923. The van der Waals surface area contributed by atoms with Crippen LogP contribution in [0.15, 0.2) is 0 Å². The molecule has 0 aromatic rings. The van der Waals surface area contributed by atoms with Crippen LogP contribution in [-0.4, -0.2) is 92.2 Å². The molecule has 2 amide bonds. The van der Waals surface area contributed by atoms with Crippen molar-refractivity contribution in [2.75, 3.05) is 13.2 Å². The number of Topliss-reactive ketones (excluding diaryl/α,β-unsaturated/α-hetero) is 1. The van der Waals surface area contributed by atoms with Crippen LogP contribution in [0, 0.1) is 11.8 Å². The van der Waals surface area contributed by atoms with Crippen LogP contribution in [0.25, 0.3) is 0 Å². The standard InChI is InChI=1S/C52H99N3O9/c1-5-7-9-11-13-15-17-19-21-23-25-27-29-31-33-35-39-55(46(58)36-34-32-30-28-26-24-22-20-18-16-14-12-10-8-6-2)52(53)48(51(63)50(62)44(41-56)64-52)49(61)43(40-42(3)4)54-45(57)37-38-47(59)60/h42-44,48,50-51,56,62-63H,5-41,53H2,1-4H3,(H,54,57)(H,59,60)/t43-,44+,48+,50+,51+,52-/m0/s1. The number of amides is 2. The predicted octanol–water partition coefficient (Wildman–Crippen LogP) is 10.6. The molecule has 64 heavy (non-hydrogen) atoms. The average Bonchev–Trinajstić information content (AvgIpc) is 3.26. The third kappa shape index (κ3) is 26.3. The van der Waals surface area contributed by atoms with Gasteiger partial charge in [-0.25, -0.2) is 0 Å². The van der Waals surface area contributed by atoms with Crippen molar-refractivity contribution in [3.8, 4) is 0 Å². The molecule has 6 atom stereocenters. The second-order valence-electron chi connectivity index (χ2n) is 19.6. The fourth-order valence-corrected chi connectivity index (χ4v) is 9.31. The van der Waals surface area contributed by atoms with Crippen molar-refractivity contribution in [3.05, 3.63) is 0 Å². The number of carboxylic acid groups (broad SMARTS) is 1. The highest BCUT2D eigenvalue weighted by atomic mass is 16.6. The second-order valence-corrected chi connectivity index (χ2v) is 19.6. The molecular formula is C52H99N3O9. The lowest BCUT2D eigenvalue weighted by molar-refractivity contribution is -0.292. The van der Waals surface area contributed by atoms with Gasteiger partial charge in [-0.05, 0) is 25.2 Å². The number of aliphatic hydroxyl groups is 3. The Hall–Kier alpha value is -2.12. The zero-order valence-corrected chi connectivity index (χ0v) is 41.5. The molecule has 0 aliphatic carbocycles. The maximum absolute atomic E-state index is 14.6. The molecule has 376 valence electrons. The van der Waals surface area contributed by atoms with Crippen LogP contribution in [-0.2, 0) is 23.9 Å². The second kappa shape index (κ2) is 37.9. The molecule has 0 aromatic heterocycles. The monoisotopic (exact) mass is 910 g/mol. The molecule has 0 saturated carbocycles. The van der Waals surface area contributed by atoms with Gasteiger partial charge in [0.25, 0.3) is 0 Å². The van der Waals surface area contributed by atoms with Crippen LogP contribution >= 0.6 is 0 Å². The molecule has 1 aliphatic heterocycles. The number of carbonyl (C=O) groups is 4. The maximum Gasteiger partial charge on any atom is 0.303 e. The minimum Gasteiger partial charge on any atom is -0.481 e. The summed E-state index contributed by atoms with van der Waals surface area (Å²) < 4.78 is 6.18. The van der Waals surface area contributed by atoms with Crippen LogP contribution in [0.4, 0.5) is 0 Å². The highest BCUT2D eigenvalue weighted by Crippen LogP contribution is 2.37. The van der Waals surface area contributed by atoms with Crippen molar-refractivity contribution in [2.24, 2.45) is 17.6 Å². The van der Waals surface area contributed by atoms with E-state index in [0.29, 0.717) is 12.8 Å². The number of aliphatic carboxylic acids is 1. The van der Waals surface area contributed by atoms with Crippen LogP contribution in [0.1, 0.15) is 252 Å². The van der Waals surface area contributed by atoms with Gasteiger partial charge < -0.3 is 35.4 Å². The highest BCUT2D eigenvalue weighted by molar-refractivity contribution is 5.93. The topological polar surface area (TPSA) is 200 Å². The van der Waals surface area contributed by atoms with E-state index < -0.39 is 66.8 Å². The summed E-state index contributed by atoms with van der Waals surface area (Å²) in [5, 5.41) is 44.7. The maximum atomic E-state index is 14.6. The molecule has 0 spiro atoms. The zero-order chi connectivity index (χ0) is 47.4. The first-order valence-corrected chi connectivity index (χ1v) is 26.6. The fourth-order valence-electron chi connectivity index (χ4n) is 9.31. The molecule has 1 heterocycles. The summed E-state index contributed by atoms with van der Waals surface area (Å²) in [6.07, 6.45) is 31.5. The van der Waals surface area contributed by atoms with E-state index in [-0.39, 0.29) is 37.6 Å². The number of hydrogen-bond acceptors (Lipinski definition) is 9. The molecule has 0 unspecified atom stereocenters. The minimum atomic E-state index is -2.23. The van der Waals surface area contributed by atoms with Gasteiger partial charge in [0, 0.05) is 19.4 Å². The summed E-state index contributed by atoms with van der Waals surface area (Å²) in [4.78, 5) is 54.3. The minimum absolute atomic E-state index is 0.106. The Balaban J connectivity index is 2.97. The van der Waals surface area contributed by atoms with E-state index in [4.69, 9.17) is 15.6 Å². The van der Waals surface area contributed by atoms with Gasteiger partial charge >= 0.3 is 5.97 Å². The Kier molecular flexibility index (Phi) is 35.5. The Labute approximate surface area is 390 Å². The summed E-state index contributed by atoms with van der Waals surface area (Å²) in [7, 11) is 0. The SMILES string of the molecule is CCCCCCCCCCCCCCCCCCN(C(=O)CCCCCCCCCCCCCCCCC)[C@]1(N)O[C@H](CO)[C@@H](O)[C@H](O)[C@H]1C(=O)[C@H](CC(C)C)NC(=O)CCC(=O)O. The Morgan fingerprint density at radius 2 is 0.984 bits per heavy atom. The molecular weight excluding hydrogens is 811 g/mol. The molecule has 7 N–H and O–H groups in total. The summed E-state index contributed by atoms with van der Waals surface area (Å²) in [6.45, 7) is 7.65. The Bertz CT molecular complexity index is 1200. The zero-order valence-electron chi connectivity index (χ0n) is 41.5. The van der Waals surface area contributed by atoms with Gasteiger partial charge in [-0.1, -0.05) is 214 Å². The van der Waals surface area contributed by atoms with Crippen LogP contribution in [0.3, 0.4) is 0 Å². The van der Waals surface area contributed by atoms with Gasteiger partial charge in [0.1, 0.15) is 18.1 Å². The summed E-state index contributed by atoms with van der Waals surface area (Å²) in [6, 6.07) is -1.20. The first-order chi connectivity index (χ1) is 30.8. The number of ether oxygens (including phenoxy) is 1. The number of rotatable bonds is 43. The number of nitrogens with one attached hydrogen (secondary N) is 1. The lowest BCUT2D eigenvalue weighted by Gasteiger charge is -2.53. The number of carbonyl (C=O) groups excluding carboxylic acids is 3. The van der Waals surface area contributed by atoms with Gasteiger partial charge in [0.15, 0.2) is 5.78 Å². The van der Waals surface area contributed by atoms with Crippen molar-refractivity contribution in [1.82, 2.24) is 10.2 Å². The van der Waals surface area contributed by atoms with E-state index in [1.807, 2.05) is 13.8 Å².